The summed E-state index contributed by atoms with van der Waals surface area (Å²) in [7, 11) is 0. The first-order valence-corrected chi connectivity index (χ1v) is 6.79. The highest BCUT2D eigenvalue weighted by molar-refractivity contribution is 5.86. The fourth-order valence-electron chi connectivity index (χ4n) is 2.28. The zero-order chi connectivity index (χ0) is 15.0. The molecule has 1 amide bonds. The van der Waals surface area contributed by atoms with Crippen molar-refractivity contribution in [1.82, 2.24) is 0 Å². The monoisotopic (exact) mass is 280 g/mol. The quantitative estimate of drug-likeness (QED) is 0.871. The van der Waals surface area contributed by atoms with E-state index in [9.17, 15) is 9.18 Å². The van der Waals surface area contributed by atoms with Crippen LogP contribution in [0.4, 0.5) is 14.9 Å². The molecule has 0 heterocycles. The molecule has 1 fully saturated rings. The molecule has 20 heavy (non-hydrogen) atoms. The number of halogens is 1. The molecule has 0 saturated heterocycles. The number of ether oxygens (including phenoxy) is 1. The maximum atomic E-state index is 13.4. The molecule has 1 aliphatic rings. The van der Waals surface area contributed by atoms with E-state index in [-0.39, 0.29) is 5.82 Å². The molecule has 0 bridgehead atoms. The van der Waals surface area contributed by atoms with Gasteiger partial charge in [-0.1, -0.05) is 0 Å². The Balaban J connectivity index is 2.21. The number of hydrogen-bond acceptors (Lipinski definition) is 3. The van der Waals surface area contributed by atoms with E-state index >= 15 is 0 Å². The Morgan fingerprint density at radius 3 is 2.55 bits per heavy atom. The van der Waals surface area contributed by atoms with Gasteiger partial charge in [0.15, 0.2) is 0 Å². The van der Waals surface area contributed by atoms with E-state index in [0.717, 1.165) is 19.3 Å². The molecule has 0 atom stereocenters. The van der Waals surface area contributed by atoms with Crippen molar-refractivity contribution in [3.8, 4) is 0 Å². The van der Waals surface area contributed by atoms with E-state index in [1.54, 1.807) is 20.8 Å². The van der Waals surface area contributed by atoms with Gasteiger partial charge in [0.05, 0.1) is 0 Å². The number of anilines is 1. The zero-order valence-electron chi connectivity index (χ0n) is 12.1. The van der Waals surface area contributed by atoms with Crippen LogP contribution in [0.5, 0.6) is 0 Å². The van der Waals surface area contributed by atoms with Crippen LogP contribution in [0.25, 0.3) is 0 Å². The van der Waals surface area contributed by atoms with Gasteiger partial charge in [-0.25, -0.2) is 9.18 Å². The van der Waals surface area contributed by atoms with Crippen LogP contribution in [0, 0.1) is 5.82 Å². The largest absolute Gasteiger partial charge is 0.444 e. The minimum absolute atomic E-state index is 0.355. The highest BCUT2D eigenvalue weighted by atomic mass is 19.1. The van der Waals surface area contributed by atoms with Crippen LogP contribution in [-0.2, 0) is 10.3 Å². The summed E-state index contributed by atoms with van der Waals surface area (Å²) in [5.74, 6) is -0.355. The van der Waals surface area contributed by atoms with Crippen molar-refractivity contribution in [2.24, 2.45) is 5.73 Å². The fourth-order valence-corrected chi connectivity index (χ4v) is 2.28. The van der Waals surface area contributed by atoms with Crippen molar-refractivity contribution in [1.29, 1.82) is 0 Å². The van der Waals surface area contributed by atoms with Crippen LogP contribution in [0.2, 0.25) is 0 Å². The van der Waals surface area contributed by atoms with Gasteiger partial charge in [0.25, 0.3) is 0 Å². The molecule has 4 nitrogen and oxygen atoms in total. The van der Waals surface area contributed by atoms with Gasteiger partial charge in [-0.15, -0.1) is 0 Å². The second-order valence-corrected chi connectivity index (χ2v) is 6.33. The van der Waals surface area contributed by atoms with Crippen LogP contribution < -0.4 is 11.1 Å². The molecule has 110 valence electrons. The predicted octanol–water partition coefficient (Wildman–Crippen LogP) is 3.51. The first-order chi connectivity index (χ1) is 9.20. The Bertz CT molecular complexity index is 519. The Labute approximate surface area is 118 Å². The zero-order valence-corrected chi connectivity index (χ0v) is 12.1. The van der Waals surface area contributed by atoms with Gasteiger partial charge in [-0.2, -0.15) is 0 Å². The molecular weight excluding hydrogens is 259 g/mol. The highest BCUT2D eigenvalue weighted by Gasteiger charge is 2.37. The Morgan fingerprint density at radius 1 is 1.40 bits per heavy atom. The molecule has 3 N–H and O–H groups in total. The third kappa shape index (κ3) is 3.28. The lowest BCUT2D eigenvalue weighted by Gasteiger charge is -2.39. The molecule has 2 rings (SSSR count). The first kappa shape index (κ1) is 14.8. The average Bonchev–Trinajstić information content (AvgIpc) is 2.26. The van der Waals surface area contributed by atoms with E-state index in [1.165, 1.54) is 18.2 Å². The van der Waals surface area contributed by atoms with Crippen molar-refractivity contribution < 1.29 is 13.9 Å². The smallest absolute Gasteiger partial charge is 0.412 e. The summed E-state index contributed by atoms with van der Waals surface area (Å²) in [6, 6.07) is 4.23. The second-order valence-electron chi connectivity index (χ2n) is 6.33. The predicted molar refractivity (Wildman–Crippen MR) is 76.0 cm³/mol. The van der Waals surface area contributed by atoms with Crippen molar-refractivity contribution in [3.63, 3.8) is 0 Å². The number of carbonyl (C=O) groups is 1. The van der Waals surface area contributed by atoms with Gasteiger partial charge in [0.1, 0.15) is 11.4 Å². The highest BCUT2D eigenvalue weighted by Crippen LogP contribution is 2.42. The second kappa shape index (κ2) is 5.05. The van der Waals surface area contributed by atoms with Crippen LogP contribution in [0.3, 0.4) is 0 Å². The lowest BCUT2D eigenvalue weighted by molar-refractivity contribution is 0.0635. The summed E-state index contributed by atoms with van der Waals surface area (Å²) in [5, 5.41) is 2.66. The number of carbonyl (C=O) groups excluding carboxylic acids is 1. The first-order valence-electron chi connectivity index (χ1n) is 6.79. The Morgan fingerprint density at radius 2 is 2.05 bits per heavy atom. The van der Waals surface area contributed by atoms with Crippen molar-refractivity contribution in [3.05, 3.63) is 29.6 Å². The van der Waals surface area contributed by atoms with Crippen LogP contribution in [-0.4, -0.2) is 11.7 Å². The SMILES string of the molecule is CC(C)(C)OC(=O)Nc1ccc(F)cc1C1(N)CCC1. The summed E-state index contributed by atoms with van der Waals surface area (Å²) in [6.07, 6.45) is 2.03. The van der Waals surface area contributed by atoms with Gasteiger partial charge >= 0.3 is 6.09 Å². The van der Waals surface area contributed by atoms with Gasteiger partial charge in [0, 0.05) is 11.2 Å². The third-order valence-electron chi connectivity index (χ3n) is 3.40. The summed E-state index contributed by atoms with van der Waals surface area (Å²) in [6.45, 7) is 5.36. The maximum absolute atomic E-state index is 13.4. The van der Waals surface area contributed by atoms with Crippen LogP contribution in [0.15, 0.2) is 18.2 Å². The lowest BCUT2D eigenvalue weighted by Crippen LogP contribution is -2.44. The fraction of sp³-hybridized carbons (Fsp3) is 0.533. The number of rotatable bonds is 2. The number of nitrogens with two attached hydrogens (primary N) is 1. The number of amides is 1. The summed E-state index contributed by atoms with van der Waals surface area (Å²) in [4.78, 5) is 11.8. The van der Waals surface area contributed by atoms with Crippen LogP contribution in [0.1, 0.15) is 45.6 Å². The summed E-state index contributed by atoms with van der Waals surface area (Å²) < 4.78 is 18.7. The van der Waals surface area contributed by atoms with E-state index in [2.05, 4.69) is 5.32 Å². The molecule has 0 radical (unpaired) electrons. The average molecular weight is 280 g/mol. The molecular formula is C15H21FN2O2. The van der Waals surface area contributed by atoms with E-state index < -0.39 is 17.2 Å². The summed E-state index contributed by atoms with van der Waals surface area (Å²) >= 11 is 0. The number of benzene rings is 1. The molecule has 1 aromatic rings. The minimum atomic E-state index is -0.582. The maximum Gasteiger partial charge on any atom is 0.412 e. The molecule has 0 spiro atoms. The van der Waals surface area contributed by atoms with E-state index in [0.29, 0.717) is 11.3 Å². The van der Waals surface area contributed by atoms with Crippen molar-refractivity contribution in [2.75, 3.05) is 5.32 Å². The standard InChI is InChI=1S/C15H21FN2O2/c1-14(2,3)20-13(19)18-12-6-5-10(16)9-11(12)15(17)7-4-8-15/h5-6,9H,4,7-8,17H2,1-3H3,(H,18,19). The third-order valence-corrected chi connectivity index (χ3v) is 3.40. The molecule has 0 aliphatic heterocycles. The molecule has 1 saturated carbocycles. The Kier molecular flexibility index (Phi) is 3.73. The molecule has 1 aromatic carbocycles. The van der Waals surface area contributed by atoms with Gasteiger partial charge in [0.2, 0.25) is 0 Å². The normalized spacial score (nSPS) is 17.2. The van der Waals surface area contributed by atoms with Gasteiger partial charge in [-0.05, 0) is 63.8 Å². The van der Waals surface area contributed by atoms with E-state index in [4.69, 9.17) is 10.5 Å². The van der Waals surface area contributed by atoms with E-state index in [1.807, 2.05) is 0 Å². The van der Waals surface area contributed by atoms with Crippen molar-refractivity contribution >= 4 is 11.8 Å². The molecule has 0 unspecified atom stereocenters. The summed E-state index contributed by atoms with van der Waals surface area (Å²) in [5.41, 5.74) is 6.26. The van der Waals surface area contributed by atoms with Crippen LogP contribution >= 0.6 is 0 Å². The lowest BCUT2D eigenvalue weighted by atomic mass is 9.72. The molecule has 1 aliphatic carbocycles. The minimum Gasteiger partial charge on any atom is -0.444 e. The Hall–Kier alpha value is -1.62. The number of nitrogens with one attached hydrogen (secondary N) is 1. The number of hydrogen-bond donors (Lipinski definition) is 2. The molecule has 5 heteroatoms. The molecule has 0 aromatic heterocycles. The van der Waals surface area contributed by atoms with Gasteiger partial charge in [-0.3, -0.25) is 5.32 Å². The topological polar surface area (TPSA) is 64.3 Å². The van der Waals surface area contributed by atoms with Gasteiger partial charge < -0.3 is 10.5 Å². The van der Waals surface area contributed by atoms with Crippen molar-refractivity contribution in [2.45, 2.75) is 51.2 Å².